The van der Waals surface area contributed by atoms with E-state index in [1.165, 1.54) is 0 Å². The van der Waals surface area contributed by atoms with Gasteiger partial charge < -0.3 is 0 Å². The Morgan fingerprint density at radius 3 is 2.89 bits per heavy atom. The second-order valence-corrected chi connectivity index (χ2v) is 4.99. The highest BCUT2D eigenvalue weighted by Gasteiger charge is 2.13. The number of pyridine rings is 2. The predicted molar refractivity (Wildman–Crippen MR) is 73.3 cm³/mol. The molecule has 0 aliphatic rings. The summed E-state index contributed by atoms with van der Waals surface area (Å²) in [6.07, 6.45) is 5.35. The summed E-state index contributed by atoms with van der Waals surface area (Å²) in [5, 5.41) is 4.41. The molecule has 0 saturated heterocycles. The molecule has 0 saturated carbocycles. The van der Waals surface area contributed by atoms with E-state index in [4.69, 9.17) is 0 Å². The summed E-state index contributed by atoms with van der Waals surface area (Å²) in [6, 6.07) is 8.01. The molecule has 3 aromatic rings. The first-order valence-corrected chi connectivity index (χ1v) is 6.44. The van der Waals surface area contributed by atoms with Gasteiger partial charge in [-0.2, -0.15) is 5.10 Å². The molecule has 3 heterocycles. The number of hydrogen-bond acceptors (Lipinski definition) is 3. The fraction of sp³-hybridized carbons (Fsp3) is 0.154. The van der Waals surface area contributed by atoms with E-state index in [-0.39, 0.29) is 6.04 Å². The Labute approximate surface area is 113 Å². The highest BCUT2D eigenvalue weighted by Crippen LogP contribution is 2.22. The summed E-state index contributed by atoms with van der Waals surface area (Å²) in [4.78, 5) is 8.70. The van der Waals surface area contributed by atoms with Crippen molar-refractivity contribution in [2.45, 2.75) is 13.0 Å². The molecule has 0 fully saturated rings. The van der Waals surface area contributed by atoms with Crippen LogP contribution in [0, 0.1) is 0 Å². The smallest absolute Gasteiger partial charge is 0.108 e. The third-order valence-corrected chi connectivity index (χ3v) is 3.33. The minimum Gasteiger partial charge on any atom is -0.259 e. The van der Waals surface area contributed by atoms with Gasteiger partial charge in [0.2, 0.25) is 0 Å². The molecule has 0 N–H and O–H groups in total. The standard InChI is InChI=1S/C13H11BrN4/c1-9(11-4-2-3-5-15-11)18-13-6-10(14)7-16-12(13)8-17-18/h2-9H,1H3/t9-/m0/s1. The van der Waals surface area contributed by atoms with E-state index in [9.17, 15) is 0 Å². The molecule has 4 nitrogen and oxygen atoms in total. The van der Waals surface area contributed by atoms with E-state index in [0.717, 1.165) is 21.2 Å². The summed E-state index contributed by atoms with van der Waals surface area (Å²) in [5.41, 5.74) is 2.88. The zero-order chi connectivity index (χ0) is 12.5. The first-order valence-electron chi connectivity index (χ1n) is 5.65. The lowest BCUT2D eigenvalue weighted by molar-refractivity contribution is 0.570. The quantitative estimate of drug-likeness (QED) is 0.730. The number of halogens is 1. The Hall–Kier alpha value is -1.75. The number of hydrogen-bond donors (Lipinski definition) is 0. The minimum absolute atomic E-state index is 0.0831. The van der Waals surface area contributed by atoms with Crippen LogP contribution < -0.4 is 0 Å². The van der Waals surface area contributed by atoms with Gasteiger partial charge in [0.05, 0.1) is 23.4 Å². The van der Waals surface area contributed by atoms with Crippen molar-refractivity contribution in [2.24, 2.45) is 0 Å². The average molecular weight is 303 g/mol. The first kappa shape index (κ1) is 11.3. The second-order valence-electron chi connectivity index (χ2n) is 4.08. The van der Waals surface area contributed by atoms with Crippen LogP contribution in [0.4, 0.5) is 0 Å². The van der Waals surface area contributed by atoms with Crippen molar-refractivity contribution >= 4 is 27.0 Å². The maximum Gasteiger partial charge on any atom is 0.108 e. The summed E-state index contributed by atoms with van der Waals surface area (Å²) in [5.74, 6) is 0. The topological polar surface area (TPSA) is 43.6 Å². The number of rotatable bonds is 2. The molecular formula is C13H11BrN4. The molecule has 1 atom stereocenters. The molecule has 5 heteroatoms. The molecule has 0 aliphatic carbocycles. The molecule has 0 amide bonds. The zero-order valence-electron chi connectivity index (χ0n) is 9.79. The lowest BCUT2D eigenvalue weighted by atomic mass is 10.2. The Kier molecular flexibility index (Phi) is 2.83. The van der Waals surface area contributed by atoms with Crippen LogP contribution in [0.2, 0.25) is 0 Å². The molecular weight excluding hydrogens is 292 g/mol. The van der Waals surface area contributed by atoms with Crippen LogP contribution in [-0.2, 0) is 0 Å². The molecule has 0 unspecified atom stereocenters. The number of aromatic nitrogens is 4. The van der Waals surface area contributed by atoms with Gasteiger partial charge in [0.25, 0.3) is 0 Å². The SMILES string of the molecule is C[C@@H](c1ccccn1)n1ncc2ncc(Br)cc21. The van der Waals surface area contributed by atoms with Crippen LogP contribution in [0.3, 0.4) is 0 Å². The van der Waals surface area contributed by atoms with E-state index in [1.807, 2.05) is 28.9 Å². The lowest BCUT2D eigenvalue weighted by Gasteiger charge is -2.12. The van der Waals surface area contributed by atoms with Crippen molar-refractivity contribution in [3.63, 3.8) is 0 Å². The molecule has 0 aromatic carbocycles. The summed E-state index contributed by atoms with van der Waals surface area (Å²) < 4.78 is 2.89. The summed E-state index contributed by atoms with van der Waals surface area (Å²) in [7, 11) is 0. The molecule has 18 heavy (non-hydrogen) atoms. The van der Waals surface area contributed by atoms with Gasteiger partial charge in [-0.1, -0.05) is 6.07 Å². The normalized spacial score (nSPS) is 12.8. The van der Waals surface area contributed by atoms with E-state index in [1.54, 1.807) is 18.6 Å². The van der Waals surface area contributed by atoms with Crippen molar-refractivity contribution in [1.82, 2.24) is 19.7 Å². The largest absolute Gasteiger partial charge is 0.259 e. The van der Waals surface area contributed by atoms with Gasteiger partial charge >= 0.3 is 0 Å². The second kappa shape index (κ2) is 4.49. The van der Waals surface area contributed by atoms with Gasteiger partial charge in [-0.25, -0.2) is 0 Å². The first-order chi connectivity index (χ1) is 8.75. The van der Waals surface area contributed by atoms with E-state index in [2.05, 4.69) is 37.9 Å². The zero-order valence-corrected chi connectivity index (χ0v) is 11.4. The van der Waals surface area contributed by atoms with Gasteiger partial charge in [0, 0.05) is 16.9 Å². The molecule has 0 bridgehead atoms. The van der Waals surface area contributed by atoms with Crippen molar-refractivity contribution in [2.75, 3.05) is 0 Å². The van der Waals surface area contributed by atoms with Crippen LogP contribution in [0.15, 0.2) is 47.3 Å². The predicted octanol–water partition coefficient (Wildman–Crippen LogP) is 3.20. The summed E-state index contributed by atoms with van der Waals surface area (Å²) >= 11 is 3.44. The molecule has 0 spiro atoms. The molecule has 0 radical (unpaired) electrons. The third kappa shape index (κ3) is 1.90. The Morgan fingerprint density at radius 1 is 1.22 bits per heavy atom. The van der Waals surface area contributed by atoms with Gasteiger partial charge in [0.15, 0.2) is 0 Å². The van der Waals surface area contributed by atoms with Crippen molar-refractivity contribution in [1.29, 1.82) is 0 Å². The van der Waals surface area contributed by atoms with E-state index < -0.39 is 0 Å². The van der Waals surface area contributed by atoms with Crippen LogP contribution in [0.25, 0.3) is 11.0 Å². The average Bonchev–Trinajstić information content (AvgIpc) is 2.82. The Bertz CT molecular complexity index is 678. The maximum atomic E-state index is 4.41. The Morgan fingerprint density at radius 2 is 2.11 bits per heavy atom. The monoisotopic (exact) mass is 302 g/mol. The van der Waals surface area contributed by atoms with Gasteiger partial charge in [-0.3, -0.25) is 14.6 Å². The van der Waals surface area contributed by atoms with Crippen molar-refractivity contribution in [3.8, 4) is 0 Å². The minimum atomic E-state index is 0.0831. The molecule has 0 aliphatic heterocycles. The van der Waals surface area contributed by atoms with Crippen LogP contribution in [-0.4, -0.2) is 19.7 Å². The van der Waals surface area contributed by atoms with E-state index in [0.29, 0.717) is 0 Å². The molecule has 3 rings (SSSR count). The maximum absolute atomic E-state index is 4.41. The lowest BCUT2D eigenvalue weighted by Crippen LogP contribution is -2.09. The highest BCUT2D eigenvalue weighted by atomic mass is 79.9. The molecule has 90 valence electrons. The van der Waals surface area contributed by atoms with E-state index >= 15 is 0 Å². The summed E-state index contributed by atoms with van der Waals surface area (Å²) in [6.45, 7) is 2.08. The number of fused-ring (bicyclic) bond motifs is 1. The van der Waals surface area contributed by atoms with Crippen molar-refractivity contribution in [3.05, 3.63) is 53.0 Å². The van der Waals surface area contributed by atoms with Gasteiger partial charge in [-0.15, -0.1) is 0 Å². The highest BCUT2D eigenvalue weighted by molar-refractivity contribution is 9.10. The third-order valence-electron chi connectivity index (χ3n) is 2.90. The Balaban J connectivity index is 2.12. The fourth-order valence-corrected chi connectivity index (χ4v) is 2.28. The van der Waals surface area contributed by atoms with Crippen LogP contribution in [0.5, 0.6) is 0 Å². The fourth-order valence-electron chi connectivity index (χ4n) is 1.96. The van der Waals surface area contributed by atoms with Gasteiger partial charge in [-0.05, 0) is 41.1 Å². The molecule has 3 aromatic heterocycles. The van der Waals surface area contributed by atoms with Crippen molar-refractivity contribution < 1.29 is 0 Å². The number of nitrogens with zero attached hydrogens (tertiary/aromatic N) is 4. The van der Waals surface area contributed by atoms with Crippen LogP contribution in [0.1, 0.15) is 18.7 Å². The van der Waals surface area contributed by atoms with Gasteiger partial charge in [0.1, 0.15) is 5.52 Å². The van der Waals surface area contributed by atoms with Crippen LogP contribution >= 0.6 is 15.9 Å².